The van der Waals surface area contributed by atoms with E-state index in [0.29, 0.717) is 0 Å². The topological polar surface area (TPSA) is 25.8 Å². The Labute approximate surface area is 180 Å². The maximum Gasteiger partial charge on any atom is 2.00 e. The van der Waals surface area contributed by atoms with Crippen LogP contribution in [0.3, 0.4) is 0 Å². The van der Waals surface area contributed by atoms with Gasteiger partial charge in [-0.05, 0) is 37.4 Å². The monoisotopic (exact) mass is 454 g/mol. The van der Waals surface area contributed by atoms with Crippen LogP contribution in [0.15, 0.2) is 84.9 Å². The molecule has 140 valence electrons. The minimum atomic E-state index is -0.324. The molecule has 0 bridgehead atoms. The normalized spacial score (nSPS) is 10.9. The number of hydrogen-bond acceptors (Lipinski definition) is 2. The van der Waals surface area contributed by atoms with Gasteiger partial charge in [-0.3, -0.25) is 0 Å². The van der Waals surface area contributed by atoms with Gasteiger partial charge >= 0.3 is 20.4 Å². The van der Waals surface area contributed by atoms with Gasteiger partial charge in [0.05, 0.1) is 0 Å². The van der Waals surface area contributed by atoms with Crippen molar-refractivity contribution in [2.45, 2.75) is 19.3 Å². The third kappa shape index (κ3) is 4.12. The van der Waals surface area contributed by atoms with Gasteiger partial charge in [-0.1, -0.05) is 24.3 Å². The Bertz CT molecular complexity index is 959. The zero-order valence-corrected chi connectivity index (χ0v) is 17.3. The van der Waals surface area contributed by atoms with Crippen LogP contribution in [0.5, 0.6) is 0 Å². The van der Waals surface area contributed by atoms with Crippen LogP contribution < -0.4 is 0 Å². The first-order valence-corrected chi connectivity index (χ1v) is 9.04. The predicted molar refractivity (Wildman–Crippen MR) is 109 cm³/mol. The molecule has 0 fully saturated rings. The average Bonchev–Trinajstić information content (AvgIpc) is 2.75. The Morgan fingerprint density at radius 1 is 0.607 bits per heavy atom. The van der Waals surface area contributed by atoms with E-state index in [9.17, 15) is 0 Å². The first kappa shape index (κ1) is 20.1. The second kappa shape index (κ2) is 8.61. The zero-order valence-electron chi connectivity index (χ0n) is 15.8. The van der Waals surface area contributed by atoms with Crippen molar-refractivity contribution < 1.29 is 20.4 Å². The molecule has 0 saturated carbocycles. The molecular formula is C25H20N2Pd. The summed E-state index contributed by atoms with van der Waals surface area (Å²) >= 11 is 0. The van der Waals surface area contributed by atoms with Gasteiger partial charge in [0.1, 0.15) is 0 Å². The van der Waals surface area contributed by atoms with Crippen LogP contribution in [-0.4, -0.2) is 9.97 Å². The van der Waals surface area contributed by atoms with E-state index in [4.69, 9.17) is 9.97 Å². The van der Waals surface area contributed by atoms with E-state index in [1.165, 1.54) is 0 Å². The molecule has 28 heavy (non-hydrogen) atoms. The van der Waals surface area contributed by atoms with E-state index in [2.05, 4.69) is 50.2 Å². The van der Waals surface area contributed by atoms with Crippen LogP contribution in [-0.2, 0) is 25.8 Å². The molecule has 2 nitrogen and oxygen atoms in total. The quantitative estimate of drug-likeness (QED) is 0.290. The molecule has 0 aliphatic rings. The van der Waals surface area contributed by atoms with Gasteiger partial charge in [-0.25, -0.2) is 0 Å². The van der Waals surface area contributed by atoms with Crippen molar-refractivity contribution in [3.05, 3.63) is 108 Å². The van der Waals surface area contributed by atoms with Crippen molar-refractivity contribution in [1.29, 1.82) is 0 Å². The van der Waals surface area contributed by atoms with Crippen molar-refractivity contribution >= 4 is 0 Å². The fraction of sp³-hybridized carbons (Fsp3) is 0.120. The molecule has 2 aromatic carbocycles. The largest absolute Gasteiger partial charge is 2.00 e. The minimum absolute atomic E-state index is 0. The van der Waals surface area contributed by atoms with Gasteiger partial charge in [0.15, 0.2) is 0 Å². The Kier molecular flexibility index (Phi) is 6.19. The van der Waals surface area contributed by atoms with E-state index in [0.717, 1.165) is 33.9 Å². The molecular weight excluding hydrogens is 435 g/mol. The summed E-state index contributed by atoms with van der Waals surface area (Å²) in [6.07, 6.45) is 0. The first-order valence-electron chi connectivity index (χ1n) is 9.04. The number of rotatable bonds is 4. The fourth-order valence-electron chi connectivity index (χ4n) is 3.10. The molecule has 0 N–H and O–H groups in total. The summed E-state index contributed by atoms with van der Waals surface area (Å²) in [6.45, 7) is 4.32. The number of nitrogens with zero attached hydrogens (tertiary/aromatic N) is 2. The van der Waals surface area contributed by atoms with Crippen LogP contribution >= 0.6 is 0 Å². The molecule has 2 heterocycles. The number of pyridine rings is 2. The molecule has 0 atom stereocenters. The van der Waals surface area contributed by atoms with Crippen molar-refractivity contribution in [2.24, 2.45) is 0 Å². The molecule has 0 aliphatic heterocycles. The second-order valence-corrected chi connectivity index (χ2v) is 6.99. The maximum absolute atomic E-state index is 4.91. The second-order valence-electron chi connectivity index (χ2n) is 6.99. The van der Waals surface area contributed by atoms with Crippen LogP contribution in [0, 0.1) is 12.1 Å². The maximum atomic E-state index is 4.91. The summed E-state index contributed by atoms with van der Waals surface area (Å²) in [4.78, 5) is 9.83. The molecule has 0 amide bonds. The molecule has 0 unspecified atom stereocenters. The van der Waals surface area contributed by atoms with Crippen molar-refractivity contribution in [3.63, 3.8) is 0 Å². The molecule has 4 rings (SSSR count). The summed E-state index contributed by atoms with van der Waals surface area (Å²) in [5, 5.41) is 0. The van der Waals surface area contributed by atoms with Crippen LogP contribution in [0.25, 0.3) is 22.5 Å². The predicted octanol–water partition coefficient (Wildman–Crippen LogP) is 5.73. The summed E-state index contributed by atoms with van der Waals surface area (Å²) in [7, 11) is 0. The van der Waals surface area contributed by atoms with Crippen molar-refractivity contribution in [3.8, 4) is 22.5 Å². The Hall–Kier alpha value is -2.60. The molecule has 2 aromatic heterocycles. The fourth-order valence-corrected chi connectivity index (χ4v) is 3.10. The number of hydrogen-bond donors (Lipinski definition) is 0. The molecule has 4 aromatic rings. The Morgan fingerprint density at radius 3 is 1.46 bits per heavy atom. The van der Waals surface area contributed by atoms with Crippen LogP contribution in [0.2, 0.25) is 0 Å². The standard InChI is InChI=1S/C25H20N2.Pd/c1-25(2,23-17-9-15-21(26-23)19-11-5-3-6-12-19)24-18-10-16-22(27-24)20-13-7-4-8-14-20;/h3-11,13,15-18H,1-2H3;/q-2;+2. The molecule has 0 aliphatic carbocycles. The van der Waals surface area contributed by atoms with Crippen molar-refractivity contribution in [2.75, 3.05) is 0 Å². The van der Waals surface area contributed by atoms with Crippen LogP contribution in [0.4, 0.5) is 0 Å². The Balaban J connectivity index is 0.00000225. The van der Waals surface area contributed by atoms with E-state index >= 15 is 0 Å². The Morgan fingerprint density at radius 2 is 1.07 bits per heavy atom. The molecule has 0 radical (unpaired) electrons. The van der Waals surface area contributed by atoms with E-state index in [1.807, 2.05) is 60.7 Å². The van der Waals surface area contributed by atoms with Gasteiger partial charge in [0.2, 0.25) is 0 Å². The van der Waals surface area contributed by atoms with Crippen molar-refractivity contribution in [1.82, 2.24) is 9.97 Å². The first-order chi connectivity index (χ1) is 13.1. The van der Waals surface area contributed by atoms with Crippen LogP contribution in [0.1, 0.15) is 25.2 Å². The zero-order chi connectivity index (χ0) is 18.7. The average molecular weight is 455 g/mol. The summed E-state index contributed by atoms with van der Waals surface area (Å²) in [5.74, 6) is 0. The SMILES string of the molecule is CC(C)(c1cccc(-c2[c-]cccc2)n1)c1cccc(-c2[c-]cccc2)n1.[Pd+2]. The molecule has 0 saturated heterocycles. The van der Waals surface area contributed by atoms with E-state index < -0.39 is 0 Å². The smallest absolute Gasteiger partial charge is 0.300 e. The molecule has 0 spiro atoms. The van der Waals surface area contributed by atoms with Gasteiger partial charge in [-0.15, -0.1) is 71.8 Å². The summed E-state index contributed by atoms with van der Waals surface area (Å²) in [5.41, 5.74) is 5.49. The molecule has 3 heteroatoms. The summed E-state index contributed by atoms with van der Waals surface area (Å²) < 4.78 is 0. The third-order valence-electron chi connectivity index (χ3n) is 4.75. The van der Waals surface area contributed by atoms with Gasteiger partial charge in [0.25, 0.3) is 0 Å². The number of benzene rings is 2. The van der Waals surface area contributed by atoms with Gasteiger partial charge in [0, 0.05) is 16.8 Å². The van der Waals surface area contributed by atoms with E-state index in [1.54, 1.807) is 0 Å². The van der Waals surface area contributed by atoms with E-state index in [-0.39, 0.29) is 25.8 Å². The third-order valence-corrected chi connectivity index (χ3v) is 4.75. The minimum Gasteiger partial charge on any atom is -0.300 e. The number of aromatic nitrogens is 2. The van der Waals surface area contributed by atoms with Gasteiger partial charge in [-0.2, -0.15) is 0 Å². The summed E-state index contributed by atoms with van der Waals surface area (Å²) in [6, 6.07) is 34.6. The van der Waals surface area contributed by atoms with Gasteiger partial charge < -0.3 is 9.97 Å².